The molecule has 2 N–H and O–H groups in total. The van der Waals surface area contributed by atoms with Crippen LogP contribution in [0.4, 0.5) is 0 Å². The summed E-state index contributed by atoms with van der Waals surface area (Å²) in [6.07, 6.45) is -0.380. The summed E-state index contributed by atoms with van der Waals surface area (Å²) >= 11 is 0. The molecule has 1 fully saturated rings. The fraction of sp³-hybridized carbons (Fsp3) is 0.571. The number of likely N-dealkylation sites (N-methyl/N-ethyl adjacent to an activating group) is 1. The van der Waals surface area contributed by atoms with Crippen LogP contribution in [0, 0.1) is 0 Å². The minimum absolute atomic E-state index is 0.00267. The molecule has 1 saturated heterocycles. The van der Waals surface area contributed by atoms with Crippen molar-refractivity contribution in [2.24, 2.45) is 0 Å². The predicted molar refractivity (Wildman–Crippen MR) is 68.9 cm³/mol. The van der Waals surface area contributed by atoms with Crippen molar-refractivity contribution in [2.45, 2.75) is 37.9 Å². The normalized spacial score (nSPS) is 28.6. The lowest BCUT2D eigenvalue weighted by Crippen LogP contribution is -2.43. The highest BCUT2D eigenvalue weighted by Crippen LogP contribution is 2.19. The van der Waals surface area contributed by atoms with E-state index in [1.54, 1.807) is 0 Å². The van der Waals surface area contributed by atoms with Crippen LogP contribution in [0.15, 0.2) is 30.3 Å². The van der Waals surface area contributed by atoms with Crippen LogP contribution in [0.25, 0.3) is 0 Å². The van der Waals surface area contributed by atoms with E-state index in [0.717, 1.165) is 19.5 Å². The predicted octanol–water partition coefficient (Wildman–Crippen LogP) is 0.977. The molecule has 4 heteroatoms. The van der Waals surface area contributed by atoms with Crippen molar-refractivity contribution in [3.63, 3.8) is 0 Å². The molecule has 1 heterocycles. The van der Waals surface area contributed by atoms with Gasteiger partial charge < -0.3 is 14.9 Å². The minimum atomic E-state index is -1.03. The lowest BCUT2D eigenvalue weighted by Gasteiger charge is -2.33. The molecule has 1 aromatic carbocycles. The van der Waals surface area contributed by atoms with Gasteiger partial charge in [0.1, 0.15) is 6.10 Å². The van der Waals surface area contributed by atoms with Crippen LogP contribution in [0.1, 0.15) is 18.4 Å². The molecular weight excluding hydrogens is 230 g/mol. The molecule has 3 atom stereocenters. The van der Waals surface area contributed by atoms with Gasteiger partial charge in [-0.25, -0.2) is 0 Å². The first-order chi connectivity index (χ1) is 8.65. The maximum absolute atomic E-state index is 9.46. The molecule has 0 radical (unpaired) electrons. The van der Waals surface area contributed by atoms with Gasteiger partial charge in [0.25, 0.3) is 0 Å². The molecule has 0 aliphatic carbocycles. The topological polar surface area (TPSA) is 52.9 Å². The van der Waals surface area contributed by atoms with Crippen LogP contribution < -0.4 is 0 Å². The van der Waals surface area contributed by atoms with Gasteiger partial charge in [-0.05, 0) is 25.5 Å². The quantitative estimate of drug-likeness (QED) is 0.837. The van der Waals surface area contributed by atoms with Gasteiger partial charge in [0.05, 0.1) is 6.10 Å². The van der Waals surface area contributed by atoms with Crippen LogP contribution in [0.2, 0.25) is 0 Å². The molecule has 2 rings (SSSR count). The highest BCUT2D eigenvalue weighted by molar-refractivity contribution is 5.14. The molecule has 1 aliphatic rings. The Morgan fingerprint density at radius 1 is 1.22 bits per heavy atom. The van der Waals surface area contributed by atoms with Crippen molar-refractivity contribution in [3.8, 4) is 0 Å². The first-order valence-corrected chi connectivity index (χ1v) is 6.39. The van der Waals surface area contributed by atoms with E-state index in [2.05, 4.69) is 17.0 Å². The lowest BCUT2D eigenvalue weighted by atomic mass is 10.1. The van der Waals surface area contributed by atoms with Crippen molar-refractivity contribution in [1.82, 2.24) is 4.90 Å². The second kappa shape index (κ2) is 6.29. The van der Waals surface area contributed by atoms with E-state index >= 15 is 0 Å². The third-order valence-electron chi connectivity index (χ3n) is 3.26. The van der Waals surface area contributed by atoms with Gasteiger partial charge in [-0.2, -0.15) is 0 Å². The fourth-order valence-corrected chi connectivity index (χ4v) is 2.30. The molecule has 4 nitrogen and oxygen atoms in total. The molecular formula is C14H21NO3. The van der Waals surface area contributed by atoms with Crippen molar-refractivity contribution in [3.05, 3.63) is 35.9 Å². The smallest absolute Gasteiger partial charge is 0.181 e. The van der Waals surface area contributed by atoms with Crippen LogP contribution in [0.3, 0.4) is 0 Å². The van der Waals surface area contributed by atoms with Gasteiger partial charge in [-0.1, -0.05) is 30.3 Å². The molecule has 0 saturated carbocycles. The van der Waals surface area contributed by atoms with Crippen molar-refractivity contribution >= 4 is 0 Å². The number of hydrogen-bond acceptors (Lipinski definition) is 4. The van der Waals surface area contributed by atoms with E-state index in [4.69, 9.17) is 4.74 Å². The number of aliphatic hydroxyl groups is 2. The van der Waals surface area contributed by atoms with E-state index in [1.165, 1.54) is 5.56 Å². The highest BCUT2D eigenvalue weighted by atomic mass is 16.6. The van der Waals surface area contributed by atoms with Crippen LogP contribution in [0.5, 0.6) is 0 Å². The van der Waals surface area contributed by atoms with Crippen LogP contribution >= 0.6 is 0 Å². The summed E-state index contributed by atoms with van der Waals surface area (Å²) in [4.78, 5) is 2.17. The summed E-state index contributed by atoms with van der Waals surface area (Å²) in [7, 11) is 2.04. The van der Waals surface area contributed by atoms with E-state index < -0.39 is 12.4 Å². The van der Waals surface area contributed by atoms with Crippen molar-refractivity contribution in [1.29, 1.82) is 0 Å². The summed E-state index contributed by atoms with van der Waals surface area (Å²) in [5.74, 6) is 0. The monoisotopic (exact) mass is 251 g/mol. The molecule has 2 unspecified atom stereocenters. The van der Waals surface area contributed by atoms with Gasteiger partial charge in [-0.15, -0.1) is 0 Å². The molecule has 0 amide bonds. The molecule has 0 aromatic heterocycles. The van der Waals surface area contributed by atoms with E-state index in [9.17, 15) is 10.2 Å². The highest BCUT2D eigenvalue weighted by Gasteiger charge is 2.28. The van der Waals surface area contributed by atoms with E-state index in [0.29, 0.717) is 6.42 Å². The third-order valence-corrected chi connectivity index (χ3v) is 3.26. The summed E-state index contributed by atoms with van der Waals surface area (Å²) in [6, 6.07) is 10.2. The Balaban J connectivity index is 1.79. The Hall–Kier alpha value is -0.940. The standard InChI is InChI=1S/C14H21NO3/c1-15(9-11-5-3-2-4-6-11)10-12-7-8-13(16)14(17)18-12/h2-6,12-14,16-17H,7-10H2,1H3/t12-,13?,14?/m0/s1. The third kappa shape index (κ3) is 3.78. The number of benzene rings is 1. The zero-order valence-corrected chi connectivity index (χ0v) is 10.7. The Morgan fingerprint density at radius 2 is 1.94 bits per heavy atom. The number of nitrogens with zero attached hydrogens (tertiary/aromatic N) is 1. The van der Waals surface area contributed by atoms with Gasteiger partial charge in [-0.3, -0.25) is 4.90 Å². The average Bonchev–Trinajstić information content (AvgIpc) is 2.35. The second-order valence-electron chi connectivity index (χ2n) is 4.98. The number of hydrogen-bond donors (Lipinski definition) is 2. The molecule has 18 heavy (non-hydrogen) atoms. The summed E-state index contributed by atoms with van der Waals surface area (Å²) < 4.78 is 5.37. The SMILES string of the molecule is CN(Cc1ccccc1)C[C@@H]1CCC(O)C(O)O1. The maximum Gasteiger partial charge on any atom is 0.181 e. The average molecular weight is 251 g/mol. The lowest BCUT2D eigenvalue weighted by molar-refractivity contribution is -0.217. The fourth-order valence-electron chi connectivity index (χ4n) is 2.30. The largest absolute Gasteiger partial charge is 0.388 e. The van der Waals surface area contributed by atoms with Crippen molar-refractivity contribution < 1.29 is 14.9 Å². The van der Waals surface area contributed by atoms with Crippen LogP contribution in [-0.2, 0) is 11.3 Å². The van der Waals surface area contributed by atoms with E-state index in [1.807, 2.05) is 25.2 Å². The minimum Gasteiger partial charge on any atom is -0.388 e. The summed E-state index contributed by atoms with van der Waals surface area (Å²) in [6.45, 7) is 1.62. The number of aliphatic hydroxyl groups excluding tert-OH is 2. The Morgan fingerprint density at radius 3 is 2.61 bits per heavy atom. The first kappa shape index (κ1) is 13.5. The van der Waals surface area contributed by atoms with Gasteiger partial charge in [0.15, 0.2) is 6.29 Å². The maximum atomic E-state index is 9.46. The molecule has 1 aliphatic heterocycles. The Labute approximate surface area is 108 Å². The molecule has 1 aromatic rings. The van der Waals surface area contributed by atoms with Crippen LogP contribution in [-0.4, -0.2) is 47.2 Å². The zero-order valence-electron chi connectivity index (χ0n) is 10.7. The van der Waals surface area contributed by atoms with Gasteiger partial charge in [0, 0.05) is 13.1 Å². The van der Waals surface area contributed by atoms with E-state index in [-0.39, 0.29) is 6.10 Å². The second-order valence-corrected chi connectivity index (χ2v) is 4.98. The first-order valence-electron chi connectivity index (χ1n) is 6.39. The van der Waals surface area contributed by atoms with Gasteiger partial charge in [0.2, 0.25) is 0 Å². The zero-order chi connectivity index (χ0) is 13.0. The summed E-state index contributed by atoms with van der Waals surface area (Å²) in [5, 5.41) is 18.8. The summed E-state index contributed by atoms with van der Waals surface area (Å²) in [5.41, 5.74) is 1.26. The molecule has 0 spiro atoms. The Kier molecular flexibility index (Phi) is 4.72. The molecule has 100 valence electrons. The Bertz CT molecular complexity index is 357. The van der Waals surface area contributed by atoms with Gasteiger partial charge >= 0.3 is 0 Å². The van der Waals surface area contributed by atoms with Crippen molar-refractivity contribution in [2.75, 3.05) is 13.6 Å². The molecule has 0 bridgehead atoms. The number of ether oxygens (including phenoxy) is 1. The number of rotatable bonds is 4.